The van der Waals surface area contributed by atoms with Crippen molar-refractivity contribution in [1.82, 2.24) is 10.2 Å². The minimum Gasteiger partial charge on any atom is -0.383 e. The summed E-state index contributed by atoms with van der Waals surface area (Å²) in [4.78, 5) is 2.59. The quantitative estimate of drug-likeness (QED) is 0.667. The van der Waals surface area contributed by atoms with Crippen LogP contribution in [0.25, 0.3) is 0 Å². The van der Waals surface area contributed by atoms with Crippen molar-refractivity contribution < 1.29 is 4.74 Å². The predicted octanol–water partition coefficient (Wildman–Crippen LogP) is 1.10. The van der Waals surface area contributed by atoms with Crippen molar-refractivity contribution in [3.63, 3.8) is 0 Å². The summed E-state index contributed by atoms with van der Waals surface area (Å²) >= 11 is 0. The summed E-state index contributed by atoms with van der Waals surface area (Å²) in [5.74, 6) is 0. The number of ether oxygens (including phenoxy) is 1. The van der Waals surface area contributed by atoms with E-state index in [4.69, 9.17) is 4.74 Å². The molecule has 1 saturated heterocycles. The van der Waals surface area contributed by atoms with Gasteiger partial charge in [0.05, 0.1) is 6.61 Å². The van der Waals surface area contributed by atoms with E-state index in [9.17, 15) is 0 Å². The molecule has 2 aliphatic rings. The maximum atomic E-state index is 4.99. The second-order valence-corrected chi connectivity index (χ2v) is 5.16. The Bertz CT molecular complexity index is 182. The molecule has 1 aliphatic carbocycles. The van der Waals surface area contributed by atoms with Gasteiger partial charge in [-0.15, -0.1) is 0 Å². The SMILES string of the molecule is COCCNCCN1CC2(CCCC2)C1. The van der Waals surface area contributed by atoms with Crippen LogP contribution in [0.2, 0.25) is 0 Å². The van der Waals surface area contributed by atoms with E-state index in [2.05, 4.69) is 10.2 Å². The van der Waals surface area contributed by atoms with E-state index in [0.29, 0.717) is 0 Å². The molecule has 0 aromatic carbocycles. The smallest absolute Gasteiger partial charge is 0.0587 e. The van der Waals surface area contributed by atoms with Crippen LogP contribution in [0.5, 0.6) is 0 Å². The van der Waals surface area contributed by atoms with Crippen molar-refractivity contribution in [2.24, 2.45) is 5.41 Å². The number of rotatable bonds is 6. The molecule has 0 unspecified atom stereocenters. The summed E-state index contributed by atoms with van der Waals surface area (Å²) in [6, 6.07) is 0. The van der Waals surface area contributed by atoms with Crippen LogP contribution in [0.15, 0.2) is 0 Å². The highest BCUT2D eigenvalue weighted by atomic mass is 16.5. The second-order valence-electron chi connectivity index (χ2n) is 5.16. The molecular formula is C12H24N2O. The summed E-state index contributed by atoms with van der Waals surface area (Å²) in [6.45, 7) is 6.85. The van der Waals surface area contributed by atoms with Gasteiger partial charge in [0.1, 0.15) is 0 Å². The lowest BCUT2D eigenvalue weighted by molar-refractivity contribution is 0.00721. The lowest BCUT2D eigenvalue weighted by Gasteiger charge is -2.48. The topological polar surface area (TPSA) is 24.5 Å². The van der Waals surface area contributed by atoms with Gasteiger partial charge >= 0.3 is 0 Å². The molecule has 2 rings (SSSR count). The molecule has 0 amide bonds. The molecule has 88 valence electrons. The molecule has 1 aliphatic heterocycles. The Labute approximate surface area is 93.2 Å². The Balaban J connectivity index is 1.49. The average Bonchev–Trinajstić information content (AvgIpc) is 2.65. The van der Waals surface area contributed by atoms with Crippen LogP contribution in [0.4, 0.5) is 0 Å². The minimum atomic E-state index is 0.756. The van der Waals surface area contributed by atoms with Gasteiger partial charge in [-0.05, 0) is 18.3 Å². The molecule has 0 bridgehead atoms. The molecule has 1 N–H and O–H groups in total. The lowest BCUT2D eigenvalue weighted by Crippen LogP contribution is -2.56. The highest BCUT2D eigenvalue weighted by Gasteiger charge is 2.43. The molecule has 0 aromatic heterocycles. The summed E-state index contributed by atoms with van der Waals surface area (Å²) in [5.41, 5.74) is 0.756. The van der Waals surface area contributed by atoms with E-state index in [-0.39, 0.29) is 0 Å². The maximum absolute atomic E-state index is 4.99. The molecule has 1 heterocycles. The third-order valence-corrected chi connectivity index (χ3v) is 3.87. The highest BCUT2D eigenvalue weighted by Crippen LogP contribution is 2.44. The Hall–Kier alpha value is -0.120. The summed E-state index contributed by atoms with van der Waals surface area (Å²) in [5, 5.41) is 3.40. The number of hydrogen-bond donors (Lipinski definition) is 1. The molecule has 2 fully saturated rings. The summed E-state index contributed by atoms with van der Waals surface area (Å²) in [6.07, 6.45) is 5.92. The predicted molar refractivity (Wildman–Crippen MR) is 62.1 cm³/mol. The molecule has 1 spiro atoms. The maximum Gasteiger partial charge on any atom is 0.0587 e. The normalized spacial score (nSPS) is 24.6. The van der Waals surface area contributed by atoms with Crippen molar-refractivity contribution in [2.75, 3.05) is 46.4 Å². The van der Waals surface area contributed by atoms with E-state index in [1.54, 1.807) is 7.11 Å². The van der Waals surface area contributed by atoms with Gasteiger partial charge < -0.3 is 15.0 Å². The van der Waals surface area contributed by atoms with Gasteiger partial charge in [0, 0.05) is 39.8 Å². The van der Waals surface area contributed by atoms with E-state index in [1.165, 1.54) is 45.3 Å². The zero-order valence-corrected chi connectivity index (χ0v) is 9.93. The van der Waals surface area contributed by atoms with E-state index >= 15 is 0 Å². The molecule has 0 aromatic rings. The van der Waals surface area contributed by atoms with E-state index in [1.807, 2.05) is 0 Å². The van der Waals surface area contributed by atoms with Crippen LogP contribution in [0.3, 0.4) is 0 Å². The first-order valence-electron chi connectivity index (χ1n) is 6.27. The van der Waals surface area contributed by atoms with Crippen molar-refractivity contribution in [2.45, 2.75) is 25.7 Å². The zero-order chi connectivity index (χ0) is 10.6. The first-order valence-corrected chi connectivity index (χ1v) is 6.27. The monoisotopic (exact) mass is 212 g/mol. The van der Waals surface area contributed by atoms with E-state index in [0.717, 1.165) is 25.1 Å². The van der Waals surface area contributed by atoms with Gasteiger partial charge in [-0.2, -0.15) is 0 Å². The second kappa shape index (κ2) is 5.28. The Morgan fingerprint density at radius 1 is 1.20 bits per heavy atom. The van der Waals surface area contributed by atoms with Crippen LogP contribution in [0.1, 0.15) is 25.7 Å². The molecule has 3 heteroatoms. The Morgan fingerprint density at radius 3 is 2.60 bits per heavy atom. The number of nitrogens with zero attached hydrogens (tertiary/aromatic N) is 1. The molecule has 0 radical (unpaired) electrons. The van der Waals surface area contributed by atoms with Gasteiger partial charge in [-0.25, -0.2) is 0 Å². The standard InChI is InChI=1S/C12H24N2O/c1-15-9-7-13-6-8-14-10-12(11-14)4-2-3-5-12/h13H,2-11H2,1H3. The molecule has 0 atom stereocenters. The van der Waals surface area contributed by atoms with Gasteiger partial charge in [0.15, 0.2) is 0 Å². The molecule has 15 heavy (non-hydrogen) atoms. The number of nitrogens with one attached hydrogen (secondary N) is 1. The van der Waals surface area contributed by atoms with Crippen molar-refractivity contribution in [1.29, 1.82) is 0 Å². The largest absolute Gasteiger partial charge is 0.383 e. The summed E-state index contributed by atoms with van der Waals surface area (Å²) < 4.78 is 4.99. The first kappa shape index (κ1) is 11.4. The van der Waals surface area contributed by atoms with Crippen LogP contribution in [-0.2, 0) is 4.74 Å². The molecule has 3 nitrogen and oxygen atoms in total. The van der Waals surface area contributed by atoms with Gasteiger partial charge in [0.2, 0.25) is 0 Å². The minimum absolute atomic E-state index is 0.756. The summed E-state index contributed by atoms with van der Waals surface area (Å²) in [7, 11) is 1.75. The van der Waals surface area contributed by atoms with Gasteiger partial charge in [0.25, 0.3) is 0 Å². The van der Waals surface area contributed by atoms with Crippen LogP contribution < -0.4 is 5.32 Å². The third kappa shape index (κ3) is 2.92. The first-order chi connectivity index (χ1) is 7.35. The van der Waals surface area contributed by atoms with E-state index < -0.39 is 0 Å². The molecular weight excluding hydrogens is 188 g/mol. The average molecular weight is 212 g/mol. The van der Waals surface area contributed by atoms with Gasteiger partial charge in [-0.1, -0.05) is 12.8 Å². The lowest BCUT2D eigenvalue weighted by atomic mass is 9.78. The highest BCUT2D eigenvalue weighted by molar-refractivity contribution is 4.97. The fourth-order valence-electron chi connectivity index (χ4n) is 3.04. The Morgan fingerprint density at radius 2 is 1.93 bits per heavy atom. The number of hydrogen-bond acceptors (Lipinski definition) is 3. The van der Waals surface area contributed by atoms with Gasteiger partial charge in [-0.3, -0.25) is 0 Å². The van der Waals surface area contributed by atoms with Crippen LogP contribution in [-0.4, -0.2) is 51.3 Å². The number of methoxy groups -OCH3 is 1. The fourth-order valence-corrected chi connectivity index (χ4v) is 3.04. The van der Waals surface area contributed by atoms with Crippen molar-refractivity contribution in [3.8, 4) is 0 Å². The number of likely N-dealkylation sites (tertiary alicyclic amines) is 1. The van der Waals surface area contributed by atoms with Crippen molar-refractivity contribution in [3.05, 3.63) is 0 Å². The van der Waals surface area contributed by atoms with Crippen LogP contribution in [0, 0.1) is 5.41 Å². The van der Waals surface area contributed by atoms with Crippen LogP contribution >= 0.6 is 0 Å². The third-order valence-electron chi connectivity index (χ3n) is 3.87. The zero-order valence-electron chi connectivity index (χ0n) is 9.93. The molecule has 1 saturated carbocycles. The van der Waals surface area contributed by atoms with Crippen molar-refractivity contribution >= 4 is 0 Å². The fraction of sp³-hybridized carbons (Fsp3) is 1.00. The Kier molecular flexibility index (Phi) is 4.00.